The third-order valence-corrected chi connectivity index (χ3v) is 2.32. The molecule has 3 nitrogen and oxygen atoms in total. The molecular weight excluding hydrogens is 233 g/mol. The Balaban J connectivity index is 2.80. The molecule has 0 saturated carbocycles. The molecular formula is C14H22FNO2. The Hall–Kier alpha value is -1.13. The van der Waals surface area contributed by atoms with Crippen molar-refractivity contribution in [1.29, 1.82) is 0 Å². The lowest BCUT2D eigenvalue weighted by Crippen LogP contribution is -2.29. The van der Waals surface area contributed by atoms with Crippen LogP contribution >= 0.6 is 0 Å². The highest BCUT2D eigenvalue weighted by Gasteiger charge is 2.17. The molecule has 0 bridgehead atoms. The number of rotatable bonds is 6. The minimum atomic E-state index is -0.981. The normalized spacial score (nSPS) is 11.9. The summed E-state index contributed by atoms with van der Waals surface area (Å²) in [6.45, 7) is 7.90. The molecule has 0 spiro atoms. The first-order valence-corrected chi connectivity index (χ1v) is 6.15. The van der Waals surface area contributed by atoms with Gasteiger partial charge < -0.3 is 15.2 Å². The highest BCUT2D eigenvalue weighted by atomic mass is 19.1. The van der Waals surface area contributed by atoms with Gasteiger partial charge in [0, 0.05) is 18.2 Å². The van der Waals surface area contributed by atoms with Gasteiger partial charge in [0.1, 0.15) is 6.61 Å². The molecule has 2 N–H and O–H groups in total. The summed E-state index contributed by atoms with van der Waals surface area (Å²) in [6, 6.07) is 5.15. The molecule has 0 atom stereocenters. The van der Waals surface area contributed by atoms with Crippen LogP contribution in [0.4, 0.5) is 4.39 Å². The Morgan fingerprint density at radius 1 is 1.39 bits per heavy atom. The fraction of sp³-hybridized carbons (Fsp3) is 0.571. The molecule has 0 aliphatic heterocycles. The van der Waals surface area contributed by atoms with Gasteiger partial charge in [-0.05, 0) is 19.9 Å². The summed E-state index contributed by atoms with van der Waals surface area (Å²) in [5.41, 5.74) is -0.224. The largest absolute Gasteiger partial charge is 0.487 e. The van der Waals surface area contributed by atoms with E-state index in [4.69, 9.17) is 4.74 Å². The van der Waals surface area contributed by atoms with E-state index in [0.29, 0.717) is 12.6 Å². The van der Waals surface area contributed by atoms with E-state index in [9.17, 15) is 9.50 Å². The molecule has 102 valence electrons. The lowest BCUT2D eigenvalue weighted by atomic mass is 10.1. The summed E-state index contributed by atoms with van der Waals surface area (Å²) in [7, 11) is 0. The third-order valence-electron chi connectivity index (χ3n) is 2.32. The van der Waals surface area contributed by atoms with E-state index in [1.165, 1.54) is 6.07 Å². The number of aliphatic hydroxyl groups is 1. The van der Waals surface area contributed by atoms with Crippen LogP contribution in [0.15, 0.2) is 18.2 Å². The second-order valence-electron chi connectivity index (χ2n) is 5.36. The average Bonchev–Trinajstić information content (AvgIpc) is 2.23. The minimum Gasteiger partial charge on any atom is -0.487 e. The summed E-state index contributed by atoms with van der Waals surface area (Å²) < 4.78 is 19.1. The Bertz CT molecular complexity index is 386. The van der Waals surface area contributed by atoms with Gasteiger partial charge >= 0.3 is 0 Å². The maximum absolute atomic E-state index is 13.7. The van der Waals surface area contributed by atoms with Gasteiger partial charge in [-0.2, -0.15) is 0 Å². The van der Waals surface area contributed by atoms with Crippen LogP contribution in [0.3, 0.4) is 0 Å². The van der Waals surface area contributed by atoms with Crippen molar-refractivity contribution in [2.45, 2.75) is 45.9 Å². The molecule has 0 aliphatic rings. The van der Waals surface area contributed by atoms with Gasteiger partial charge in [-0.25, -0.2) is 4.39 Å². The summed E-state index contributed by atoms with van der Waals surface area (Å²) in [6.07, 6.45) is 0. The Morgan fingerprint density at radius 3 is 2.61 bits per heavy atom. The van der Waals surface area contributed by atoms with E-state index < -0.39 is 11.4 Å². The van der Waals surface area contributed by atoms with Crippen LogP contribution in [-0.4, -0.2) is 23.4 Å². The molecule has 0 heterocycles. The molecule has 0 aliphatic carbocycles. The van der Waals surface area contributed by atoms with Gasteiger partial charge in [0.15, 0.2) is 11.6 Å². The first-order valence-electron chi connectivity index (χ1n) is 6.15. The number of ether oxygens (including phenoxy) is 1. The summed E-state index contributed by atoms with van der Waals surface area (Å²) >= 11 is 0. The third kappa shape index (κ3) is 5.02. The van der Waals surface area contributed by atoms with Crippen LogP contribution in [-0.2, 0) is 6.54 Å². The van der Waals surface area contributed by atoms with Crippen molar-refractivity contribution in [3.8, 4) is 5.75 Å². The maximum Gasteiger partial charge on any atom is 0.165 e. The van der Waals surface area contributed by atoms with Crippen molar-refractivity contribution < 1.29 is 14.2 Å². The van der Waals surface area contributed by atoms with Crippen molar-refractivity contribution in [2.24, 2.45) is 0 Å². The van der Waals surface area contributed by atoms with Crippen molar-refractivity contribution in [2.75, 3.05) is 6.61 Å². The van der Waals surface area contributed by atoms with E-state index in [1.807, 2.05) is 19.9 Å². The van der Waals surface area contributed by atoms with E-state index in [-0.39, 0.29) is 12.4 Å². The number of hydrogen-bond donors (Lipinski definition) is 2. The average molecular weight is 255 g/mol. The van der Waals surface area contributed by atoms with Crippen LogP contribution in [0.25, 0.3) is 0 Å². The van der Waals surface area contributed by atoms with E-state index in [0.717, 1.165) is 5.56 Å². The quantitative estimate of drug-likeness (QED) is 0.820. The molecule has 0 unspecified atom stereocenters. The van der Waals surface area contributed by atoms with Crippen molar-refractivity contribution in [3.63, 3.8) is 0 Å². The van der Waals surface area contributed by atoms with Crippen molar-refractivity contribution in [3.05, 3.63) is 29.6 Å². The molecule has 0 aromatic heterocycles. The predicted molar refractivity (Wildman–Crippen MR) is 70.2 cm³/mol. The summed E-state index contributed by atoms with van der Waals surface area (Å²) in [5.74, 6) is -0.185. The van der Waals surface area contributed by atoms with Gasteiger partial charge in [0.2, 0.25) is 0 Å². The number of halogens is 1. The second-order valence-corrected chi connectivity index (χ2v) is 5.36. The highest BCUT2D eigenvalue weighted by Crippen LogP contribution is 2.23. The number of hydrogen-bond acceptors (Lipinski definition) is 3. The van der Waals surface area contributed by atoms with Crippen LogP contribution in [0, 0.1) is 5.82 Å². The summed E-state index contributed by atoms with van der Waals surface area (Å²) in [4.78, 5) is 0. The minimum absolute atomic E-state index is 0.0581. The van der Waals surface area contributed by atoms with Crippen molar-refractivity contribution >= 4 is 0 Å². The standard InChI is InChI=1S/C14H22FNO2/c1-10(2)16-8-11-6-5-7-12(15)13(11)18-9-14(3,4)17/h5-7,10,16-17H,8-9H2,1-4H3. The zero-order valence-electron chi connectivity index (χ0n) is 11.5. The SMILES string of the molecule is CC(C)NCc1cccc(F)c1OCC(C)(C)O. The van der Waals surface area contributed by atoms with Gasteiger partial charge in [-0.3, -0.25) is 0 Å². The fourth-order valence-electron chi connectivity index (χ4n) is 1.42. The molecule has 1 rings (SSSR count). The summed E-state index contributed by atoms with van der Waals surface area (Å²) in [5, 5.41) is 12.8. The molecule has 1 aromatic rings. The van der Waals surface area contributed by atoms with Gasteiger partial charge in [-0.1, -0.05) is 26.0 Å². The topological polar surface area (TPSA) is 41.5 Å². The highest BCUT2D eigenvalue weighted by molar-refractivity contribution is 5.35. The molecule has 4 heteroatoms. The van der Waals surface area contributed by atoms with Crippen LogP contribution in [0.2, 0.25) is 0 Å². The first kappa shape index (κ1) is 14.9. The lowest BCUT2D eigenvalue weighted by molar-refractivity contribution is 0.0268. The smallest absolute Gasteiger partial charge is 0.165 e. The van der Waals surface area contributed by atoms with Crippen LogP contribution in [0.1, 0.15) is 33.3 Å². The van der Waals surface area contributed by atoms with Gasteiger partial charge in [-0.15, -0.1) is 0 Å². The molecule has 0 amide bonds. The monoisotopic (exact) mass is 255 g/mol. The number of para-hydroxylation sites is 1. The lowest BCUT2D eigenvalue weighted by Gasteiger charge is -2.20. The van der Waals surface area contributed by atoms with E-state index in [2.05, 4.69) is 5.32 Å². The number of nitrogens with one attached hydrogen (secondary N) is 1. The fourth-order valence-corrected chi connectivity index (χ4v) is 1.42. The van der Waals surface area contributed by atoms with Crippen molar-refractivity contribution in [1.82, 2.24) is 5.32 Å². The molecule has 18 heavy (non-hydrogen) atoms. The van der Waals surface area contributed by atoms with Crippen LogP contribution < -0.4 is 10.1 Å². The Labute approximate surface area is 108 Å². The zero-order valence-corrected chi connectivity index (χ0v) is 11.5. The maximum atomic E-state index is 13.7. The van der Waals surface area contributed by atoms with E-state index in [1.54, 1.807) is 19.9 Å². The first-order chi connectivity index (χ1) is 8.29. The van der Waals surface area contributed by atoms with Gasteiger partial charge in [0.25, 0.3) is 0 Å². The zero-order chi connectivity index (χ0) is 13.8. The second kappa shape index (κ2) is 6.16. The Morgan fingerprint density at radius 2 is 2.06 bits per heavy atom. The molecule has 0 fully saturated rings. The van der Waals surface area contributed by atoms with Crippen LogP contribution in [0.5, 0.6) is 5.75 Å². The predicted octanol–water partition coefficient (Wildman–Crippen LogP) is 2.47. The van der Waals surface area contributed by atoms with E-state index >= 15 is 0 Å². The molecule has 0 radical (unpaired) electrons. The van der Waals surface area contributed by atoms with Gasteiger partial charge in [0.05, 0.1) is 5.60 Å². The number of benzene rings is 1. The molecule has 1 aromatic carbocycles. The molecule has 0 saturated heterocycles. The Kier molecular flexibility index (Phi) is 5.11.